The maximum atomic E-state index is 13.2. The molecule has 196 valence electrons. The first-order valence-corrected chi connectivity index (χ1v) is 14.3. The van der Waals surface area contributed by atoms with E-state index >= 15 is 0 Å². The van der Waals surface area contributed by atoms with Crippen LogP contribution in [0.3, 0.4) is 0 Å². The molecule has 1 atom stereocenters. The fourth-order valence-electron chi connectivity index (χ4n) is 4.76. The fourth-order valence-corrected chi connectivity index (χ4v) is 7.84. The van der Waals surface area contributed by atoms with Gasteiger partial charge in [0.05, 0.1) is 11.0 Å². The predicted molar refractivity (Wildman–Crippen MR) is 141 cm³/mol. The molecule has 1 aliphatic rings. The van der Waals surface area contributed by atoms with Gasteiger partial charge in [0.1, 0.15) is 18.1 Å². The van der Waals surface area contributed by atoms with Gasteiger partial charge in [-0.2, -0.15) is 21.6 Å². The molecular weight excluding hydrogens is 536 g/mol. The second-order valence-corrected chi connectivity index (χ2v) is 12.6. The number of rotatable bonds is 6. The molecule has 38 heavy (non-hydrogen) atoms. The van der Waals surface area contributed by atoms with Crippen LogP contribution in [0.25, 0.3) is 0 Å². The van der Waals surface area contributed by atoms with E-state index in [9.17, 15) is 26.7 Å². The van der Waals surface area contributed by atoms with E-state index in [1.165, 1.54) is 12.1 Å². The van der Waals surface area contributed by atoms with E-state index in [-0.39, 0.29) is 12.2 Å². The third-order valence-electron chi connectivity index (χ3n) is 6.38. The molecule has 1 aliphatic heterocycles. The maximum absolute atomic E-state index is 13.2. The normalized spacial score (nSPS) is 17.2. The van der Waals surface area contributed by atoms with E-state index in [0.29, 0.717) is 11.3 Å². The van der Waals surface area contributed by atoms with Crippen molar-refractivity contribution in [1.82, 2.24) is 0 Å². The van der Waals surface area contributed by atoms with E-state index in [1.54, 1.807) is 13.0 Å². The van der Waals surface area contributed by atoms with E-state index in [2.05, 4.69) is 4.18 Å². The van der Waals surface area contributed by atoms with Gasteiger partial charge in [-0.05, 0) is 49.0 Å². The summed E-state index contributed by atoms with van der Waals surface area (Å²) >= 11 is 0. The van der Waals surface area contributed by atoms with E-state index in [0.717, 1.165) is 22.0 Å². The number of alkyl halides is 3. The van der Waals surface area contributed by atoms with Gasteiger partial charge in [0, 0.05) is 5.56 Å². The number of ether oxygens (including phenoxy) is 1. The summed E-state index contributed by atoms with van der Waals surface area (Å²) in [7, 11) is -7.15. The van der Waals surface area contributed by atoms with Crippen molar-refractivity contribution in [1.29, 1.82) is 0 Å². The topological polar surface area (TPSA) is 72.8 Å². The lowest BCUT2D eigenvalue weighted by Gasteiger charge is -2.30. The molecule has 10 heteroatoms. The number of halogens is 3. The van der Waals surface area contributed by atoms with Crippen LogP contribution in [0.15, 0.2) is 97.1 Å². The maximum Gasteiger partial charge on any atom is 0.534 e. The summed E-state index contributed by atoms with van der Waals surface area (Å²) in [6, 6.07) is 28.7. The molecular formula is C28H22F3O5PS. The molecule has 5 rings (SSSR count). The van der Waals surface area contributed by atoms with Gasteiger partial charge in [-0.3, -0.25) is 0 Å². The molecule has 0 fully saturated rings. The lowest BCUT2D eigenvalue weighted by Crippen LogP contribution is -2.34. The highest BCUT2D eigenvalue weighted by molar-refractivity contribution is 7.88. The van der Waals surface area contributed by atoms with Gasteiger partial charge < -0.3 is 14.0 Å². The molecule has 0 saturated heterocycles. The molecule has 0 aromatic heterocycles. The number of phenols is 1. The van der Waals surface area contributed by atoms with Gasteiger partial charge in [-0.1, -0.05) is 78.9 Å². The Labute approximate surface area is 219 Å². The van der Waals surface area contributed by atoms with E-state index in [1.807, 2.05) is 72.8 Å². The monoisotopic (exact) mass is 558 g/mol. The van der Waals surface area contributed by atoms with Crippen LogP contribution >= 0.6 is 7.92 Å². The molecule has 5 nitrogen and oxygen atoms in total. The lowest BCUT2D eigenvalue weighted by atomic mass is 9.77. The van der Waals surface area contributed by atoms with Crippen LogP contribution in [0.5, 0.6) is 17.2 Å². The second kappa shape index (κ2) is 9.64. The van der Waals surface area contributed by atoms with E-state index in [4.69, 9.17) is 4.74 Å². The summed E-state index contributed by atoms with van der Waals surface area (Å²) < 4.78 is 74.1. The van der Waals surface area contributed by atoms with Crippen molar-refractivity contribution in [2.24, 2.45) is 0 Å². The predicted octanol–water partition coefficient (Wildman–Crippen LogP) is 5.08. The standard InChI is InChI=1S/C28H22F3O5PS/c1-27(25-21(32)14-8-16-23(25)36-38(33,34)28(29,30)31)18-35-22-15-9-17-24(26(22)27)37(19-10-4-2-5-11-19)20-12-6-3-7-13-20/h2-17,32H,18H2,1H3/t27-/m1/s1. The molecule has 0 spiro atoms. The minimum atomic E-state index is -5.98. The Bertz CT molecular complexity index is 1540. The number of hydrogen-bond acceptors (Lipinski definition) is 5. The summed E-state index contributed by atoms with van der Waals surface area (Å²) in [4.78, 5) is 0. The van der Waals surface area contributed by atoms with Gasteiger partial charge in [-0.25, -0.2) is 0 Å². The third-order valence-corrected chi connectivity index (χ3v) is 9.83. The average Bonchev–Trinajstić information content (AvgIpc) is 3.22. The van der Waals surface area contributed by atoms with Gasteiger partial charge in [-0.15, -0.1) is 0 Å². The van der Waals surface area contributed by atoms with Crippen molar-refractivity contribution in [3.63, 3.8) is 0 Å². The minimum Gasteiger partial charge on any atom is -0.507 e. The Morgan fingerprint density at radius 2 is 1.42 bits per heavy atom. The van der Waals surface area contributed by atoms with Crippen LogP contribution in [0.1, 0.15) is 18.1 Å². The molecule has 1 N–H and O–H groups in total. The highest BCUT2D eigenvalue weighted by Gasteiger charge is 2.51. The Balaban J connectivity index is 1.74. The molecule has 0 amide bonds. The van der Waals surface area contributed by atoms with Crippen LogP contribution in [0, 0.1) is 0 Å². The van der Waals surface area contributed by atoms with Crippen molar-refractivity contribution >= 4 is 34.0 Å². The number of hydrogen-bond donors (Lipinski definition) is 1. The SMILES string of the molecule is C[C@]1(c2c(O)cccc2OS(=O)(=O)C(F)(F)F)COc2cccc(P(c3ccccc3)c3ccccc3)c21. The molecule has 1 heterocycles. The van der Waals surface area contributed by atoms with Gasteiger partial charge in [0.15, 0.2) is 5.75 Å². The molecule has 0 saturated carbocycles. The Morgan fingerprint density at radius 3 is 2.00 bits per heavy atom. The molecule has 0 radical (unpaired) electrons. The first-order chi connectivity index (χ1) is 18.0. The van der Waals surface area contributed by atoms with Crippen LogP contribution in [-0.2, 0) is 15.5 Å². The smallest absolute Gasteiger partial charge is 0.507 e. The highest BCUT2D eigenvalue weighted by Crippen LogP contribution is 2.52. The van der Waals surface area contributed by atoms with Gasteiger partial charge >= 0.3 is 15.6 Å². The highest BCUT2D eigenvalue weighted by atomic mass is 32.2. The lowest BCUT2D eigenvalue weighted by molar-refractivity contribution is -0.0500. The fraction of sp³-hybridized carbons (Fsp3) is 0.143. The van der Waals surface area contributed by atoms with Crippen molar-refractivity contribution < 1.29 is 35.6 Å². The summed E-state index contributed by atoms with van der Waals surface area (Å²) in [5.74, 6) is -0.519. The average molecular weight is 559 g/mol. The second-order valence-electron chi connectivity index (χ2n) is 8.91. The summed E-state index contributed by atoms with van der Waals surface area (Å²) in [5.41, 5.74) is -6.33. The van der Waals surface area contributed by atoms with E-state index < -0.39 is 40.5 Å². The Morgan fingerprint density at radius 1 is 0.842 bits per heavy atom. The number of aromatic hydroxyl groups is 1. The molecule has 4 aromatic carbocycles. The van der Waals surface area contributed by atoms with Crippen molar-refractivity contribution in [3.8, 4) is 17.2 Å². The molecule has 0 aliphatic carbocycles. The van der Waals surface area contributed by atoms with Crippen molar-refractivity contribution in [2.75, 3.05) is 6.61 Å². The minimum absolute atomic E-state index is 0.0495. The summed E-state index contributed by atoms with van der Waals surface area (Å²) in [6.07, 6.45) is 0. The van der Waals surface area contributed by atoms with Crippen LogP contribution in [0.4, 0.5) is 13.2 Å². The summed E-state index contributed by atoms with van der Waals surface area (Å²) in [5, 5.41) is 13.8. The number of fused-ring (bicyclic) bond motifs is 1. The van der Waals surface area contributed by atoms with Crippen LogP contribution < -0.4 is 24.8 Å². The number of phenolic OH excluding ortho intramolecular Hbond substituents is 1. The van der Waals surface area contributed by atoms with Crippen LogP contribution in [-0.4, -0.2) is 25.6 Å². The summed E-state index contributed by atoms with van der Waals surface area (Å²) in [6.45, 7) is 1.65. The molecule has 0 bridgehead atoms. The van der Waals surface area contributed by atoms with Gasteiger partial charge in [0.2, 0.25) is 0 Å². The van der Waals surface area contributed by atoms with Crippen molar-refractivity contribution in [2.45, 2.75) is 17.8 Å². The molecule has 4 aromatic rings. The largest absolute Gasteiger partial charge is 0.534 e. The zero-order valence-electron chi connectivity index (χ0n) is 20.0. The third kappa shape index (κ3) is 4.50. The first kappa shape index (κ1) is 26.1. The molecule has 0 unspecified atom stereocenters. The quantitative estimate of drug-likeness (QED) is 0.203. The zero-order valence-corrected chi connectivity index (χ0v) is 21.7. The Kier molecular flexibility index (Phi) is 6.61. The number of benzene rings is 4. The van der Waals surface area contributed by atoms with Gasteiger partial charge in [0.25, 0.3) is 0 Å². The first-order valence-electron chi connectivity index (χ1n) is 11.5. The Hall–Kier alpha value is -3.55. The zero-order chi connectivity index (χ0) is 27.1. The van der Waals surface area contributed by atoms with Crippen molar-refractivity contribution in [3.05, 3.63) is 108 Å². The van der Waals surface area contributed by atoms with Crippen LogP contribution in [0.2, 0.25) is 0 Å².